The van der Waals surface area contributed by atoms with Gasteiger partial charge in [-0.3, -0.25) is 0 Å². The summed E-state index contributed by atoms with van der Waals surface area (Å²) in [6, 6.07) is 4.93. The zero-order valence-electron chi connectivity index (χ0n) is 10.5. The Labute approximate surface area is 122 Å². The Morgan fingerprint density at radius 3 is 2.79 bits per heavy atom. The molecular weight excluding hydrogens is 287 g/mol. The summed E-state index contributed by atoms with van der Waals surface area (Å²) in [5.41, 5.74) is 0.303. The van der Waals surface area contributed by atoms with Gasteiger partial charge in [-0.15, -0.1) is 0 Å². The summed E-state index contributed by atoms with van der Waals surface area (Å²) in [4.78, 5) is 10.4. The first kappa shape index (κ1) is 15.8. The lowest BCUT2D eigenvalue weighted by Gasteiger charge is -2.19. The molecule has 1 aromatic rings. The van der Waals surface area contributed by atoms with Gasteiger partial charge in [0.05, 0.1) is 15.6 Å². The number of nitriles is 1. The molecular formula is C13H14Cl2N2O2. The van der Waals surface area contributed by atoms with Crippen molar-refractivity contribution < 1.29 is 9.53 Å². The zero-order chi connectivity index (χ0) is 14.3. The van der Waals surface area contributed by atoms with Crippen molar-refractivity contribution >= 4 is 29.5 Å². The number of nitrogens with zero attached hydrogens (tertiary/aromatic N) is 1. The molecule has 6 heteroatoms. The fraction of sp³-hybridized carbons (Fsp3) is 0.385. The van der Waals surface area contributed by atoms with Gasteiger partial charge in [-0.2, -0.15) is 5.26 Å². The fourth-order valence-electron chi connectivity index (χ4n) is 1.57. The van der Waals surface area contributed by atoms with Crippen LogP contribution in [0.3, 0.4) is 0 Å². The second-order valence-electron chi connectivity index (χ2n) is 3.92. The van der Waals surface area contributed by atoms with Crippen LogP contribution in [0.2, 0.25) is 10.0 Å². The molecule has 0 bridgehead atoms. The quantitative estimate of drug-likeness (QED) is 0.787. The molecule has 19 heavy (non-hydrogen) atoms. The number of carbonyl (C=O) groups excluding carboxylic acids is 1. The highest BCUT2D eigenvalue weighted by atomic mass is 35.5. The molecule has 0 fully saturated rings. The van der Waals surface area contributed by atoms with E-state index in [4.69, 9.17) is 33.2 Å². The van der Waals surface area contributed by atoms with E-state index in [-0.39, 0.29) is 6.10 Å². The molecule has 1 unspecified atom stereocenters. The molecule has 0 heterocycles. The number of rotatable bonds is 7. The van der Waals surface area contributed by atoms with Crippen molar-refractivity contribution in [3.63, 3.8) is 0 Å². The lowest BCUT2D eigenvalue weighted by Crippen LogP contribution is -2.29. The summed E-state index contributed by atoms with van der Waals surface area (Å²) in [5, 5.41) is 12.4. The number of halogens is 2. The number of ether oxygens (including phenoxy) is 1. The summed E-state index contributed by atoms with van der Waals surface area (Å²) in [6.07, 6.45) is 1.66. The summed E-state index contributed by atoms with van der Waals surface area (Å²) in [7, 11) is 1.80. The van der Waals surface area contributed by atoms with E-state index < -0.39 is 0 Å². The first-order chi connectivity index (χ1) is 9.12. The Morgan fingerprint density at radius 2 is 2.21 bits per heavy atom. The van der Waals surface area contributed by atoms with Crippen LogP contribution in [0.15, 0.2) is 12.1 Å². The van der Waals surface area contributed by atoms with Crippen LogP contribution in [-0.2, 0) is 4.79 Å². The van der Waals surface area contributed by atoms with Gasteiger partial charge in [-0.25, -0.2) is 0 Å². The van der Waals surface area contributed by atoms with Crippen molar-refractivity contribution in [1.82, 2.24) is 5.32 Å². The van der Waals surface area contributed by atoms with E-state index in [2.05, 4.69) is 5.32 Å². The van der Waals surface area contributed by atoms with Gasteiger partial charge in [-0.1, -0.05) is 23.2 Å². The standard InChI is InChI=1S/C13H14Cl2N2O2/c1-17-8-10(3-2-4-18)19-13-6-11(14)9(7-16)5-12(13)15/h4-6,10,17H,2-3,8H2,1H3. The average molecular weight is 301 g/mol. The van der Waals surface area contributed by atoms with Gasteiger partial charge >= 0.3 is 0 Å². The molecule has 0 aliphatic carbocycles. The third-order valence-electron chi connectivity index (χ3n) is 2.47. The van der Waals surface area contributed by atoms with E-state index in [1.54, 1.807) is 7.05 Å². The van der Waals surface area contributed by atoms with Crippen LogP contribution >= 0.6 is 23.2 Å². The Kier molecular flexibility index (Phi) is 6.65. The van der Waals surface area contributed by atoms with E-state index >= 15 is 0 Å². The molecule has 0 amide bonds. The highest BCUT2D eigenvalue weighted by Gasteiger charge is 2.14. The third kappa shape index (κ3) is 4.71. The van der Waals surface area contributed by atoms with E-state index in [0.717, 1.165) is 6.29 Å². The maximum atomic E-state index is 10.4. The first-order valence-electron chi connectivity index (χ1n) is 5.76. The molecule has 1 N–H and O–H groups in total. The minimum atomic E-state index is -0.184. The fourth-order valence-corrected chi connectivity index (χ4v) is 1.97. The predicted octanol–water partition coefficient (Wildman–Crippen LogP) is 2.81. The maximum absolute atomic E-state index is 10.4. The summed E-state index contributed by atoms with van der Waals surface area (Å²) in [5.74, 6) is 0.414. The van der Waals surface area contributed by atoms with E-state index in [0.29, 0.717) is 40.7 Å². The Balaban J connectivity index is 2.87. The molecule has 0 saturated heterocycles. The molecule has 1 rings (SSSR count). The monoisotopic (exact) mass is 300 g/mol. The van der Waals surface area contributed by atoms with E-state index in [1.807, 2.05) is 6.07 Å². The summed E-state index contributed by atoms with van der Waals surface area (Å²) < 4.78 is 5.72. The molecule has 1 aromatic carbocycles. The Morgan fingerprint density at radius 1 is 1.47 bits per heavy atom. The lowest BCUT2D eigenvalue weighted by molar-refractivity contribution is -0.108. The summed E-state index contributed by atoms with van der Waals surface area (Å²) >= 11 is 12.0. The third-order valence-corrected chi connectivity index (χ3v) is 3.08. The van der Waals surface area contributed by atoms with Gasteiger partial charge in [0.25, 0.3) is 0 Å². The number of nitrogens with one attached hydrogen (secondary N) is 1. The topological polar surface area (TPSA) is 62.1 Å². The maximum Gasteiger partial charge on any atom is 0.139 e. The molecule has 0 radical (unpaired) electrons. The number of hydrogen-bond donors (Lipinski definition) is 1. The molecule has 0 spiro atoms. The molecule has 0 aliphatic rings. The predicted molar refractivity (Wildman–Crippen MR) is 74.8 cm³/mol. The SMILES string of the molecule is CNCC(CCC=O)Oc1cc(Cl)c(C#N)cc1Cl. The number of likely N-dealkylation sites (N-methyl/N-ethyl adjacent to an activating group) is 1. The number of hydrogen-bond acceptors (Lipinski definition) is 4. The zero-order valence-corrected chi connectivity index (χ0v) is 12.0. The normalized spacial score (nSPS) is 11.7. The molecule has 0 aromatic heterocycles. The van der Waals surface area contributed by atoms with Crippen LogP contribution in [0.5, 0.6) is 5.75 Å². The van der Waals surface area contributed by atoms with Gasteiger partial charge in [0.15, 0.2) is 0 Å². The largest absolute Gasteiger partial charge is 0.487 e. The number of carbonyl (C=O) groups is 1. The molecule has 4 nitrogen and oxygen atoms in total. The van der Waals surface area contributed by atoms with Crippen molar-refractivity contribution in [2.45, 2.75) is 18.9 Å². The molecule has 0 saturated carbocycles. The van der Waals surface area contributed by atoms with Crippen LogP contribution in [0.25, 0.3) is 0 Å². The molecule has 102 valence electrons. The van der Waals surface area contributed by atoms with Crippen molar-refractivity contribution in [3.8, 4) is 11.8 Å². The average Bonchev–Trinajstić information content (AvgIpc) is 2.39. The first-order valence-corrected chi connectivity index (χ1v) is 6.52. The summed E-state index contributed by atoms with van der Waals surface area (Å²) in [6.45, 7) is 0.585. The van der Waals surface area contributed by atoms with Gasteiger partial charge in [0.2, 0.25) is 0 Å². The van der Waals surface area contributed by atoms with Crippen molar-refractivity contribution in [2.24, 2.45) is 0 Å². The van der Waals surface area contributed by atoms with E-state index in [9.17, 15) is 4.79 Å². The number of benzene rings is 1. The van der Waals surface area contributed by atoms with Crippen molar-refractivity contribution in [3.05, 3.63) is 27.7 Å². The minimum absolute atomic E-state index is 0.184. The molecule has 1 atom stereocenters. The van der Waals surface area contributed by atoms with Crippen LogP contribution in [0.4, 0.5) is 0 Å². The van der Waals surface area contributed by atoms with Gasteiger partial charge in [0.1, 0.15) is 24.2 Å². The van der Waals surface area contributed by atoms with Crippen LogP contribution in [0.1, 0.15) is 18.4 Å². The Hall–Kier alpha value is -1.28. The molecule has 0 aliphatic heterocycles. The highest BCUT2D eigenvalue weighted by Crippen LogP contribution is 2.31. The van der Waals surface area contributed by atoms with Crippen LogP contribution < -0.4 is 10.1 Å². The van der Waals surface area contributed by atoms with Gasteiger partial charge in [-0.05, 0) is 19.5 Å². The van der Waals surface area contributed by atoms with Gasteiger partial charge in [0, 0.05) is 19.0 Å². The lowest BCUT2D eigenvalue weighted by atomic mass is 10.2. The van der Waals surface area contributed by atoms with E-state index in [1.165, 1.54) is 12.1 Å². The van der Waals surface area contributed by atoms with Gasteiger partial charge < -0.3 is 14.8 Å². The smallest absolute Gasteiger partial charge is 0.139 e. The second-order valence-corrected chi connectivity index (χ2v) is 4.73. The van der Waals surface area contributed by atoms with Crippen molar-refractivity contribution in [2.75, 3.05) is 13.6 Å². The van der Waals surface area contributed by atoms with Crippen LogP contribution in [-0.4, -0.2) is 26.0 Å². The van der Waals surface area contributed by atoms with Crippen LogP contribution in [0, 0.1) is 11.3 Å². The Bertz CT molecular complexity index is 486. The minimum Gasteiger partial charge on any atom is -0.487 e. The number of aldehydes is 1. The highest BCUT2D eigenvalue weighted by molar-refractivity contribution is 6.35. The second kappa shape index (κ2) is 8.00. The van der Waals surface area contributed by atoms with Crippen molar-refractivity contribution in [1.29, 1.82) is 5.26 Å².